The molecule has 6 heteroatoms. The summed E-state index contributed by atoms with van der Waals surface area (Å²) >= 11 is 6.08. The first-order valence-corrected chi connectivity index (χ1v) is 10.4. The quantitative estimate of drug-likeness (QED) is 0.731. The Morgan fingerprint density at radius 1 is 1.21 bits per heavy atom. The summed E-state index contributed by atoms with van der Waals surface area (Å²) in [4.78, 5) is 26.7. The number of aryl methyl sites for hydroxylation is 1. The third-order valence-corrected chi connectivity index (χ3v) is 5.20. The highest BCUT2D eigenvalue weighted by Crippen LogP contribution is 2.36. The summed E-state index contributed by atoms with van der Waals surface area (Å²) in [6.07, 6.45) is 1.96. The maximum absolute atomic E-state index is 12.8. The second kappa shape index (κ2) is 9.79. The van der Waals surface area contributed by atoms with Crippen molar-refractivity contribution >= 4 is 29.1 Å². The van der Waals surface area contributed by atoms with E-state index in [9.17, 15) is 9.59 Å². The lowest BCUT2D eigenvalue weighted by Gasteiger charge is -2.33. The van der Waals surface area contributed by atoms with Gasteiger partial charge in [0.05, 0.1) is 12.2 Å². The molecule has 3 rings (SSSR count). The molecule has 2 atom stereocenters. The smallest absolute Gasteiger partial charge is 0.227 e. The maximum atomic E-state index is 12.8. The van der Waals surface area contributed by atoms with Crippen LogP contribution in [0.3, 0.4) is 0 Å². The molecule has 2 amide bonds. The van der Waals surface area contributed by atoms with Crippen molar-refractivity contribution in [2.24, 2.45) is 0 Å². The number of benzene rings is 2. The number of hydrogen-bond donors (Lipinski definition) is 1. The van der Waals surface area contributed by atoms with Crippen LogP contribution in [0.25, 0.3) is 0 Å². The fraction of sp³-hybridized carbons (Fsp3) is 0.391. The lowest BCUT2D eigenvalue weighted by molar-refractivity contribution is -0.125. The molecule has 1 aliphatic heterocycles. The van der Waals surface area contributed by atoms with Crippen LogP contribution in [0.15, 0.2) is 48.5 Å². The second-order valence-electron chi connectivity index (χ2n) is 7.54. The molecule has 1 N–H and O–H groups in total. The molecule has 0 aliphatic carbocycles. The highest BCUT2D eigenvalue weighted by atomic mass is 35.5. The molecule has 2 aromatic carbocycles. The lowest BCUT2D eigenvalue weighted by atomic mass is 10.1. The van der Waals surface area contributed by atoms with E-state index in [1.807, 2.05) is 32.0 Å². The number of nitrogens with zero attached hydrogens (tertiary/aromatic N) is 1. The van der Waals surface area contributed by atoms with Crippen LogP contribution in [-0.4, -0.2) is 30.5 Å². The van der Waals surface area contributed by atoms with Crippen LogP contribution in [0, 0.1) is 0 Å². The summed E-state index contributed by atoms with van der Waals surface area (Å²) in [6, 6.07) is 15.5. The first kappa shape index (κ1) is 21.2. The molecular weight excluding hydrogens is 388 g/mol. The first-order valence-electron chi connectivity index (χ1n) is 10.0. The number of carbonyl (C=O) groups excluding carboxylic acids is 2. The summed E-state index contributed by atoms with van der Waals surface area (Å²) in [5.74, 6) is 0.433. The molecule has 0 saturated carbocycles. The van der Waals surface area contributed by atoms with E-state index in [1.54, 1.807) is 23.1 Å². The zero-order valence-corrected chi connectivity index (χ0v) is 17.6. The molecule has 5 nitrogen and oxygen atoms in total. The van der Waals surface area contributed by atoms with Crippen LogP contribution < -0.4 is 15.0 Å². The van der Waals surface area contributed by atoms with Gasteiger partial charge in [0.1, 0.15) is 11.9 Å². The van der Waals surface area contributed by atoms with Gasteiger partial charge in [-0.15, -0.1) is 0 Å². The van der Waals surface area contributed by atoms with Crippen molar-refractivity contribution in [3.8, 4) is 5.75 Å². The summed E-state index contributed by atoms with van der Waals surface area (Å²) in [7, 11) is 0. The predicted octanol–water partition coefficient (Wildman–Crippen LogP) is 4.37. The number of amides is 2. The normalized spacial score (nSPS) is 16.5. The van der Waals surface area contributed by atoms with Gasteiger partial charge in [-0.3, -0.25) is 9.59 Å². The zero-order valence-electron chi connectivity index (χ0n) is 16.9. The van der Waals surface area contributed by atoms with Crippen molar-refractivity contribution in [3.63, 3.8) is 0 Å². The number of hydrogen-bond acceptors (Lipinski definition) is 3. The Morgan fingerprint density at radius 2 is 1.97 bits per heavy atom. The van der Waals surface area contributed by atoms with Crippen molar-refractivity contribution < 1.29 is 14.3 Å². The SMILES string of the molecule is C[C@@H](CCc1ccccc1)NC(=O)CCC(=O)N1C[C@H](C)Oc2ccc(Cl)cc21. The average Bonchev–Trinajstić information content (AvgIpc) is 2.71. The van der Waals surface area contributed by atoms with E-state index >= 15 is 0 Å². The van der Waals surface area contributed by atoms with Gasteiger partial charge in [-0.25, -0.2) is 0 Å². The molecule has 0 saturated heterocycles. The Hall–Kier alpha value is -2.53. The summed E-state index contributed by atoms with van der Waals surface area (Å²) in [6.45, 7) is 4.35. The number of nitrogens with one attached hydrogen (secondary N) is 1. The number of carbonyl (C=O) groups is 2. The summed E-state index contributed by atoms with van der Waals surface area (Å²) in [5.41, 5.74) is 1.92. The van der Waals surface area contributed by atoms with Gasteiger partial charge < -0.3 is 15.0 Å². The van der Waals surface area contributed by atoms with E-state index in [-0.39, 0.29) is 36.8 Å². The fourth-order valence-electron chi connectivity index (χ4n) is 3.45. The molecule has 29 heavy (non-hydrogen) atoms. The van der Waals surface area contributed by atoms with Gasteiger partial charge in [-0.1, -0.05) is 41.9 Å². The van der Waals surface area contributed by atoms with Gasteiger partial charge in [-0.2, -0.15) is 0 Å². The minimum Gasteiger partial charge on any atom is -0.487 e. The molecule has 0 unspecified atom stereocenters. The highest BCUT2D eigenvalue weighted by molar-refractivity contribution is 6.31. The van der Waals surface area contributed by atoms with E-state index in [0.29, 0.717) is 23.0 Å². The van der Waals surface area contributed by atoms with Crippen molar-refractivity contribution in [1.82, 2.24) is 5.32 Å². The van der Waals surface area contributed by atoms with E-state index in [4.69, 9.17) is 16.3 Å². The first-order chi connectivity index (χ1) is 13.9. The number of halogens is 1. The standard InChI is InChI=1S/C23H27ClN2O3/c1-16(8-9-18-6-4-3-5-7-18)25-22(27)12-13-23(28)26-15-17(2)29-21-11-10-19(24)14-20(21)26/h3-7,10-11,14,16-17H,8-9,12-13,15H2,1-2H3,(H,25,27)/t16-,17-/m0/s1. The molecule has 1 aliphatic rings. The Balaban J connectivity index is 1.49. The van der Waals surface area contributed by atoms with E-state index in [2.05, 4.69) is 17.4 Å². The molecular formula is C23H27ClN2O3. The van der Waals surface area contributed by atoms with Gasteiger partial charge in [0, 0.05) is 23.9 Å². The molecule has 0 bridgehead atoms. The van der Waals surface area contributed by atoms with E-state index in [1.165, 1.54) is 5.56 Å². The molecule has 0 spiro atoms. The van der Waals surface area contributed by atoms with Gasteiger partial charge >= 0.3 is 0 Å². The lowest BCUT2D eigenvalue weighted by Crippen LogP contribution is -2.43. The molecule has 154 valence electrons. The number of rotatable bonds is 7. The zero-order chi connectivity index (χ0) is 20.8. The summed E-state index contributed by atoms with van der Waals surface area (Å²) < 4.78 is 5.78. The third kappa shape index (κ3) is 5.97. The highest BCUT2D eigenvalue weighted by Gasteiger charge is 2.28. The molecule has 0 aromatic heterocycles. The topological polar surface area (TPSA) is 58.6 Å². The third-order valence-electron chi connectivity index (χ3n) is 4.96. The van der Waals surface area contributed by atoms with Gasteiger partial charge in [0.2, 0.25) is 11.8 Å². The number of fused-ring (bicyclic) bond motifs is 1. The van der Waals surface area contributed by atoms with E-state index in [0.717, 1.165) is 12.8 Å². The predicted molar refractivity (Wildman–Crippen MR) is 115 cm³/mol. The second-order valence-corrected chi connectivity index (χ2v) is 7.97. The van der Waals surface area contributed by atoms with Crippen molar-refractivity contribution in [2.75, 3.05) is 11.4 Å². The minimum atomic E-state index is -0.112. The van der Waals surface area contributed by atoms with E-state index < -0.39 is 0 Å². The van der Waals surface area contributed by atoms with Crippen LogP contribution in [0.2, 0.25) is 5.02 Å². The Morgan fingerprint density at radius 3 is 2.72 bits per heavy atom. The number of anilines is 1. The van der Waals surface area contributed by atoms with Crippen LogP contribution in [0.1, 0.15) is 38.7 Å². The Labute approximate surface area is 177 Å². The minimum absolute atomic E-state index is 0.0562. The van der Waals surface area contributed by atoms with Crippen LogP contribution in [0.5, 0.6) is 5.75 Å². The van der Waals surface area contributed by atoms with Gasteiger partial charge in [-0.05, 0) is 50.5 Å². The average molecular weight is 415 g/mol. The largest absolute Gasteiger partial charge is 0.487 e. The monoisotopic (exact) mass is 414 g/mol. The van der Waals surface area contributed by atoms with Crippen LogP contribution in [-0.2, 0) is 16.0 Å². The van der Waals surface area contributed by atoms with Crippen LogP contribution >= 0.6 is 11.6 Å². The van der Waals surface area contributed by atoms with Crippen molar-refractivity contribution in [2.45, 2.75) is 51.7 Å². The van der Waals surface area contributed by atoms with Crippen molar-refractivity contribution in [3.05, 3.63) is 59.1 Å². The molecule has 0 fully saturated rings. The van der Waals surface area contributed by atoms with Gasteiger partial charge in [0.15, 0.2) is 0 Å². The molecule has 2 aromatic rings. The number of ether oxygens (including phenoxy) is 1. The fourth-order valence-corrected chi connectivity index (χ4v) is 3.62. The van der Waals surface area contributed by atoms with Gasteiger partial charge in [0.25, 0.3) is 0 Å². The molecule has 1 heterocycles. The van der Waals surface area contributed by atoms with Crippen LogP contribution in [0.4, 0.5) is 5.69 Å². The maximum Gasteiger partial charge on any atom is 0.227 e. The summed E-state index contributed by atoms with van der Waals surface area (Å²) in [5, 5.41) is 3.54. The Bertz CT molecular complexity index is 856. The Kier molecular flexibility index (Phi) is 7.15. The molecule has 0 radical (unpaired) electrons. The van der Waals surface area contributed by atoms with Crippen molar-refractivity contribution in [1.29, 1.82) is 0 Å².